The van der Waals surface area contributed by atoms with Gasteiger partial charge in [-0.3, -0.25) is 4.79 Å². The second-order valence-electron chi connectivity index (χ2n) is 12.7. The first-order valence-corrected chi connectivity index (χ1v) is 16.4. The van der Waals surface area contributed by atoms with Crippen molar-refractivity contribution in [1.29, 1.82) is 0 Å². The van der Waals surface area contributed by atoms with Gasteiger partial charge in [0.1, 0.15) is 17.4 Å². The van der Waals surface area contributed by atoms with E-state index in [1.807, 2.05) is 44.2 Å². The Balaban J connectivity index is 1.54. The number of ether oxygens (including phenoxy) is 3. The Bertz CT molecular complexity index is 1650. The molecule has 3 aromatic rings. The third kappa shape index (κ3) is 8.64. The van der Waals surface area contributed by atoms with Crippen molar-refractivity contribution < 1.29 is 37.0 Å². The van der Waals surface area contributed by atoms with Crippen molar-refractivity contribution in [2.24, 2.45) is 11.7 Å². The lowest BCUT2D eigenvalue weighted by Crippen LogP contribution is -2.64. The lowest BCUT2D eigenvalue weighted by molar-refractivity contribution is -0.147. The molecule has 4 rings (SSSR count). The standard InChI is InChI=1S/C34H41N3O8S/c1-23(2)20-43-31(39)29(36-32(40)45-33(3,4)5)19-24-10-9-13-28(18-24)46(41,42)37-21-34(22-37,26-11-7-6-8-12-26)44-27-16-14-25(15-17-27)30(35)38/h6-18,23,29H,19-22H2,1-5H3,(H2,35,38)(H,36,40)/t29-/m0/s1. The molecule has 0 saturated carbocycles. The number of sulfonamides is 1. The first kappa shape index (κ1) is 34.5. The van der Waals surface area contributed by atoms with E-state index in [1.54, 1.807) is 57.2 Å². The van der Waals surface area contributed by atoms with Crippen LogP contribution < -0.4 is 15.8 Å². The molecule has 0 bridgehead atoms. The molecular weight excluding hydrogens is 610 g/mol. The van der Waals surface area contributed by atoms with E-state index in [4.69, 9.17) is 19.9 Å². The quantitative estimate of drug-likeness (QED) is 0.273. The molecule has 11 nitrogen and oxygen atoms in total. The molecule has 0 aromatic heterocycles. The van der Waals surface area contributed by atoms with Crippen LogP contribution in [0.3, 0.4) is 0 Å². The molecule has 0 unspecified atom stereocenters. The zero-order chi connectivity index (χ0) is 33.7. The summed E-state index contributed by atoms with van der Waals surface area (Å²) in [5, 5.41) is 2.57. The first-order valence-electron chi connectivity index (χ1n) is 15.0. The van der Waals surface area contributed by atoms with E-state index in [9.17, 15) is 22.8 Å². The molecule has 3 N–H and O–H groups in total. The average Bonchev–Trinajstić information content (AvgIpc) is 2.97. The highest BCUT2D eigenvalue weighted by atomic mass is 32.2. The van der Waals surface area contributed by atoms with Crippen LogP contribution >= 0.6 is 0 Å². The van der Waals surface area contributed by atoms with Crippen molar-refractivity contribution in [2.75, 3.05) is 19.7 Å². The van der Waals surface area contributed by atoms with Gasteiger partial charge in [0.05, 0.1) is 24.6 Å². The van der Waals surface area contributed by atoms with Crippen LogP contribution in [0.2, 0.25) is 0 Å². The molecular formula is C34H41N3O8S. The van der Waals surface area contributed by atoms with Gasteiger partial charge in [0.15, 0.2) is 5.60 Å². The number of amides is 2. The fourth-order valence-corrected chi connectivity index (χ4v) is 6.47. The summed E-state index contributed by atoms with van der Waals surface area (Å²) in [6.07, 6.45) is -0.803. The van der Waals surface area contributed by atoms with Gasteiger partial charge < -0.3 is 25.3 Å². The minimum absolute atomic E-state index is 0.0160. The van der Waals surface area contributed by atoms with Gasteiger partial charge in [-0.1, -0.05) is 56.3 Å². The second kappa shape index (κ2) is 13.9. The van der Waals surface area contributed by atoms with Crippen LogP contribution in [0.1, 0.15) is 56.1 Å². The minimum atomic E-state index is -3.97. The summed E-state index contributed by atoms with van der Waals surface area (Å²) >= 11 is 0. The molecule has 1 atom stereocenters. The Morgan fingerprint density at radius 3 is 2.20 bits per heavy atom. The van der Waals surface area contributed by atoms with E-state index in [-0.39, 0.29) is 36.9 Å². The lowest BCUT2D eigenvalue weighted by Gasteiger charge is -2.48. The highest BCUT2D eigenvalue weighted by Gasteiger charge is 2.52. The number of benzene rings is 3. The second-order valence-corrected chi connectivity index (χ2v) is 14.6. The number of rotatable bonds is 12. The van der Waals surface area contributed by atoms with Crippen LogP contribution in [0, 0.1) is 5.92 Å². The molecule has 2 amide bonds. The monoisotopic (exact) mass is 651 g/mol. The van der Waals surface area contributed by atoms with Gasteiger partial charge >= 0.3 is 12.1 Å². The van der Waals surface area contributed by atoms with Crippen molar-refractivity contribution in [3.63, 3.8) is 0 Å². The topological polar surface area (TPSA) is 154 Å². The molecule has 246 valence electrons. The summed E-state index contributed by atoms with van der Waals surface area (Å²) in [7, 11) is -3.97. The molecule has 3 aromatic carbocycles. The van der Waals surface area contributed by atoms with E-state index in [0.29, 0.717) is 16.9 Å². The average molecular weight is 652 g/mol. The fourth-order valence-electron chi connectivity index (χ4n) is 4.86. The molecule has 1 saturated heterocycles. The van der Waals surface area contributed by atoms with Crippen molar-refractivity contribution in [3.05, 3.63) is 95.6 Å². The minimum Gasteiger partial charge on any atom is -0.480 e. The van der Waals surface area contributed by atoms with Crippen LogP contribution in [0.25, 0.3) is 0 Å². The van der Waals surface area contributed by atoms with Crippen LogP contribution in [0.15, 0.2) is 83.8 Å². The molecule has 1 fully saturated rings. The van der Waals surface area contributed by atoms with Gasteiger partial charge in [-0.2, -0.15) is 4.31 Å². The highest BCUT2D eigenvalue weighted by molar-refractivity contribution is 7.89. The number of nitrogens with one attached hydrogen (secondary N) is 1. The molecule has 1 aliphatic rings. The molecule has 12 heteroatoms. The van der Waals surface area contributed by atoms with E-state index >= 15 is 0 Å². The molecule has 46 heavy (non-hydrogen) atoms. The molecule has 0 radical (unpaired) electrons. The third-order valence-corrected chi connectivity index (χ3v) is 8.91. The number of carbonyl (C=O) groups is 3. The summed E-state index contributed by atoms with van der Waals surface area (Å²) < 4.78 is 46.1. The maximum Gasteiger partial charge on any atom is 0.408 e. The number of nitrogens with zero attached hydrogens (tertiary/aromatic N) is 1. The fraction of sp³-hybridized carbons (Fsp3) is 0.382. The van der Waals surface area contributed by atoms with Gasteiger partial charge in [-0.25, -0.2) is 18.0 Å². The zero-order valence-corrected chi connectivity index (χ0v) is 27.5. The summed E-state index contributed by atoms with van der Waals surface area (Å²) in [6.45, 7) is 9.14. The summed E-state index contributed by atoms with van der Waals surface area (Å²) in [4.78, 5) is 37.0. The number of hydrogen-bond acceptors (Lipinski definition) is 8. The predicted octanol–water partition coefficient (Wildman–Crippen LogP) is 4.40. The number of primary amides is 1. The normalized spacial score (nSPS) is 15.3. The highest BCUT2D eigenvalue weighted by Crippen LogP contribution is 2.40. The number of nitrogens with two attached hydrogens (primary N) is 1. The summed E-state index contributed by atoms with van der Waals surface area (Å²) in [6, 6.07) is 20.8. The van der Waals surface area contributed by atoms with E-state index in [2.05, 4.69) is 5.32 Å². The summed E-state index contributed by atoms with van der Waals surface area (Å²) in [5.74, 6) is -0.672. The van der Waals surface area contributed by atoms with E-state index < -0.39 is 45.2 Å². The third-order valence-electron chi connectivity index (χ3n) is 7.13. The molecule has 1 heterocycles. The predicted molar refractivity (Wildman–Crippen MR) is 172 cm³/mol. The van der Waals surface area contributed by atoms with E-state index in [1.165, 1.54) is 16.4 Å². The Kier molecular flexibility index (Phi) is 10.4. The van der Waals surface area contributed by atoms with Gasteiger partial charge in [-0.15, -0.1) is 0 Å². The maximum atomic E-state index is 13.8. The van der Waals surface area contributed by atoms with Crippen molar-refractivity contribution in [1.82, 2.24) is 9.62 Å². The number of hydrogen-bond donors (Lipinski definition) is 2. The van der Waals surface area contributed by atoms with Gasteiger partial charge in [-0.05, 0) is 74.2 Å². The van der Waals surface area contributed by atoms with Crippen LogP contribution in [0.4, 0.5) is 4.79 Å². The zero-order valence-electron chi connectivity index (χ0n) is 26.7. The molecule has 0 aliphatic carbocycles. The largest absolute Gasteiger partial charge is 0.480 e. The Hall–Kier alpha value is -4.42. The summed E-state index contributed by atoms with van der Waals surface area (Å²) in [5.41, 5.74) is 5.24. The van der Waals surface area contributed by atoms with Gasteiger partial charge in [0, 0.05) is 12.0 Å². The van der Waals surface area contributed by atoms with Gasteiger partial charge in [0.25, 0.3) is 0 Å². The number of carbonyl (C=O) groups excluding carboxylic acids is 3. The smallest absolute Gasteiger partial charge is 0.408 e. The maximum absolute atomic E-state index is 13.8. The Morgan fingerprint density at radius 2 is 1.61 bits per heavy atom. The number of alkyl carbamates (subject to hydrolysis) is 1. The Labute approximate surface area is 270 Å². The first-order chi connectivity index (χ1) is 21.6. The van der Waals surface area contributed by atoms with Gasteiger partial charge in [0.2, 0.25) is 15.9 Å². The van der Waals surface area contributed by atoms with Crippen LogP contribution in [-0.2, 0) is 36.3 Å². The SMILES string of the molecule is CC(C)COC(=O)[C@H](Cc1cccc(S(=O)(=O)N2CC(Oc3ccc(C(N)=O)cc3)(c3ccccc3)C2)c1)NC(=O)OC(C)(C)C. The van der Waals surface area contributed by atoms with Crippen molar-refractivity contribution in [2.45, 2.75) is 63.2 Å². The number of esters is 1. The van der Waals surface area contributed by atoms with Crippen LogP contribution in [0.5, 0.6) is 5.75 Å². The van der Waals surface area contributed by atoms with Crippen molar-refractivity contribution in [3.8, 4) is 5.75 Å². The lowest BCUT2D eigenvalue weighted by atomic mass is 9.87. The Morgan fingerprint density at radius 1 is 0.957 bits per heavy atom. The molecule has 0 spiro atoms. The van der Waals surface area contributed by atoms with Crippen molar-refractivity contribution >= 4 is 28.0 Å². The van der Waals surface area contributed by atoms with Crippen LogP contribution in [-0.4, -0.2) is 62.0 Å². The van der Waals surface area contributed by atoms with E-state index in [0.717, 1.165) is 5.56 Å². The molecule has 1 aliphatic heterocycles.